The average molecular weight is 269 g/mol. The van der Waals surface area contributed by atoms with Gasteiger partial charge in [0.2, 0.25) is 13.1 Å². The molecule has 2 heterocycles. The molecule has 2 N–H and O–H groups in total. The number of aryl methyl sites for hydroxylation is 2. The van der Waals surface area contributed by atoms with Crippen LogP contribution in [0.3, 0.4) is 0 Å². The molecule has 0 aliphatic carbocycles. The standard InChI is InChI=1S/C6H4Cl2N4O4/c7-3-5(13)15-9-11(3)1-2-12-4(8)6(14)16-10-12/h1-2H2/p+2. The molecule has 2 aromatic heterocycles. The van der Waals surface area contributed by atoms with Crippen molar-refractivity contribution in [2.75, 3.05) is 0 Å². The molecular weight excluding hydrogens is 263 g/mol. The Morgan fingerprint density at radius 1 is 0.938 bits per heavy atom. The summed E-state index contributed by atoms with van der Waals surface area (Å²) in [5.41, 5.74) is -1.34. The molecule has 0 unspecified atom stereocenters. The van der Waals surface area contributed by atoms with Crippen LogP contribution < -0.4 is 20.6 Å². The van der Waals surface area contributed by atoms with Crippen molar-refractivity contribution in [2.45, 2.75) is 13.1 Å². The Morgan fingerprint density at radius 2 is 1.31 bits per heavy atom. The number of hydrogen-bond donors (Lipinski definition) is 2. The smallest absolute Gasteiger partial charge is 0.282 e. The Hall–Kier alpha value is -1.54. The van der Waals surface area contributed by atoms with E-state index in [-0.39, 0.29) is 23.4 Å². The Labute approximate surface area is 96.9 Å². The second-order valence-electron chi connectivity index (χ2n) is 2.85. The minimum atomic E-state index is -0.668. The molecule has 0 amide bonds. The van der Waals surface area contributed by atoms with E-state index in [0.717, 1.165) is 0 Å². The van der Waals surface area contributed by atoms with Crippen LogP contribution in [-0.4, -0.2) is 10.5 Å². The molecule has 0 radical (unpaired) electrons. The molecule has 0 atom stereocenters. The molecule has 0 bridgehead atoms. The Morgan fingerprint density at radius 3 is 1.56 bits per heavy atom. The summed E-state index contributed by atoms with van der Waals surface area (Å²) in [6, 6.07) is 0. The number of rotatable bonds is 3. The van der Waals surface area contributed by atoms with Crippen molar-refractivity contribution in [3.8, 4) is 0 Å². The second-order valence-corrected chi connectivity index (χ2v) is 3.56. The van der Waals surface area contributed by atoms with Gasteiger partial charge in [0.25, 0.3) is 0 Å². The first-order valence-corrected chi connectivity index (χ1v) is 4.89. The maximum atomic E-state index is 10.9. The number of aromatic amines is 2. The van der Waals surface area contributed by atoms with Gasteiger partial charge in [0.15, 0.2) is 0 Å². The zero-order chi connectivity index (χ0) is 11.7. The predicted molar refractivity (Wildman–Crippen MR) is 49.1 cm³/mol. The lowest BCUT2D eigenvalue weighted by atomic mass is 10.6. The molecule has 2 rings (SSSR count). The van der Waals surface area contributed by atoms with Crippen molar-refractivity contribution in [1.82, 2.24) is 10.5 Å². The van der Waals surface area contributed by atoms with E-state index in [9.17, 15) is 9.59 Å². The van der Waals surface area contributed by atoms with Gasteiger partial charge in [0.1, 0.15) is 0 Å². The molecule has 0 fully saturated rings. The molecule has 0 saturated heterocycles. The summed E-state index contributed by atoms with van der Waals surface area (Å²) in [6.07, 6.45) is 0. The maximum Gasteiger partial charge on any atom is 0.447 e. The fourth-order valence-corrected chi connectivity index (χ4v) is 1.38. The molecule has 0 aliphatic rings. The van der Waals surface area contributed by atoms with Crippen LogP contribution in [0.15, 0.2) is 18.6 Å². The van der Waals surface area contributed by atoms with Crippen molar-refractivity contribution < 1.29 is 18.4 Å². The minimum absolute atomic E-state index is 0.0948. The highest BCUT2D eigenvalue weighted by Gasteiger charge is 2.23. The van der Waals surface area contributed by atoms with Gasteiger partial charge in [-0.15, -0.1) is 0 Å². The summed E-state index contributed by atoms with van der Waals surface area (Å²) in [6.45, 7) is 0.509. The van der Waals surface area contributed by atoms with E-state index < -0.39 is 11.3 Å². The van der Waals surface area contributed by atoms with Gasteiger partial charge in [0.05, 0.1) is 0 Å². The fraction of sp³-hybridized carbons (Fsp3) is 0.333. The summed E-state index contributed by atoms with van der Waals surface area (Å²) in [5.74, 6) is 0. The zero-order valence-electron chi connectivity index (χ0n) is 7.70. The number of hydrogen-bond acceptors (Lipinski definition) is 4. The van der Waals surface area contributed by atoms with Gasteiger partial charge in [-0.05, 0) is 33.7 Å². The SMILES string of the molecule is O=c1o[nH][n+](CC[n+]2[nH]oc(=O)c2Cl)c1Cl. The molecule has 10 heteroatoms. The molecule has 0 spiro atoms. The molecule has 0 aromatic carbocycles. The van der Waals surface area contributed by atoms with Crippen LogP contribution >= 0.6 is 23.2 Å². The van der Waals surface area contributed by atoms with Gasteiger partial charge in [-0.2, -0.15) is 0 Å². The van der Waals surface area contributed by atoms with Crippen LogP contribution in [0, 0.1) is 0 Å². The lowest BCUT2D eigenvalue weighted by Crippen LogP contribution is -2.48. The third-order valence-corrected chi connectivity index (χ3v) is 2.57. The summed E-state index contributed by atoms with van der Waals surface area (Å²) in [4.78, 5) is 21.7. The first kappa shape index (κ1) is 11.0. The summed E-state index contributed by atoms with van der Waals surface area (Å²) in [7, 11) is 0. The van der Waals surface area contributed by atoms with Gasteiger partial charge >= 0.3 is 21.6 Å². The van der Waals surface area contributed by atoms with Gasteiger partial charge in [-0.25, -0.2) is 9.59 Å². The Balaban J connectivity index is 2.14. The molecule has 2 aromatic rings. The van der Waals surface area contributed by atoms with E-state index in [4.69, 9.17) is 23.2 Å². The quantitative estimate of drug-likeness (QED) is 0.686. The maximum absolute atomic E-state index is 10.9. The van der Waals surface area contributed by atoms with Crippen LogP contribution in [-0.2, 0) is 13.1 Å². The largest absolute Gasteiger partial charge is 0.447 e. The molecular formula is C6H6Cl2N4O4+2. The van der Waals surface area contributed by atoms with Crippen LogP contribution in [0.2, 0.25) is 10.3 Å². The average Bonchev–Trinajstić information content (AvgIpc) is 2.74. The van der Waals surface area contributed by atoms with E-state index in [1.54, 1.807) is 0 Å². The number of halogens is 2. The number of aromatic nitrogens is 4. The number of nitrogens with zero attached hydrogens (tertiary/aromatic N) is 2. The first-order chi connectivity index (χ1) is 7.59. The zero-order valence-corrected chi connectivity index (χ0v) is 9.21. The van der Waals surface area contributed by atoms with Crippen molar-refractivity contribution >= 4 is 23.2 Å². The summed E-state index contributed by atoms with van der Waals surface area (Å²) < 4.78 is 11.4. The minimum Gasteiger partial charge on any atom is -0.282 e. The predicted octanol–water partition coefficient (Wildman–Crippen LogP) is -1.17. The molecule has 8 nitrogen and oxygen atoms in total. The molecule has 0 aliphatic heterocycles. The van der Waals surface area contributed by atoms with Gasteiger partial charge < -0.3 is 0 Å². The van der Waals surface area contributed by atoms with Crippen LogP contribution in [0.5, 0.6) is 0 Å². The van der Waals surface area contributed by atoms with Crippen molar-refractivity contribution in [3.63, 3.8) is 0 Å². The van der Waals surface area contributed by atoms with Crippen LogP contribution in [0.25, 0.3) is 0 Å². The third-order valence-electron chi connectivity index (χ3n) is 1.86. The Bertz CT molecular complexity index is 554. The lowest BCUT2D eigenvalue weighted by molar-refractivity contribution is -0.835. The third kappa shape index (κ3) is 1.89. The molecule has 86 valence electrons. The van der Waals surface area contributed by atoms with E-state index in [1.807, 2.05) is 0 Å². The van der Waals surface area contributed by atoms with Gasteiger partial charge in [-0.1, -0.05) is 9.36 Å². The van der Waals surface area contributed by atoms with Gasteiger partial charge in [0, 0.05) is 0 Å². The lowest BCUT2D eigenvalue weighted by Gasteiger charge is -1.85. The topological polar surface area (TPSA) is 99.8 Å². The van der Waals surface area contributed by atoms with Gasteiger partial charge in [-0.3, -0.25) is 9.05 Å². The fourth-order valence-electron chi connectivity index (χ4n) is 1.07. The Kier molecular flexibility index (Phi) is 2.84. The number of H-pyrrole nitrogens is 2. The molecule has 0 saturated carbocycles. The van der Waals surface area contributed by atoms with Crippen LogP contribution in [0.4, 0.5) is 0 Å². The van der Waals surface area contributed by atoms with E-state index >= 15 is 0 Å². The highest BCUT2D eigenvalue weighted by molar-refractivity contribution is 6.28. The number of nitrogens with one attached hydrogen (secondary N) is 2. The first-order valence-electron chi connectivity index (χ1n) is 4.13. The summed E-state index contributed by atoms with van der Waals surface area (Å²) in [5, 5.41) is 4.39. The van der Waals surface area contributed by atoms with Crippen LogP contribution in [0.1, 0.15) is 0 Å². The highest BCUT2D eigenvalue weighted by Crippen LogP contribution is 1.91. The monoisotopic (exact) mass is 268 g/mol. The van der Waals surface area contributed by atoms with Crippen molar-refractivity contribution in [3.05, 3.63) is 31.1 Å². The summed E-state index contributed by atoms with van der Waals surface area (Å²) >= 11 is 11.2. The van der Waals surface area contributed by atoms with E-state index in [1.165, 1.54) is 9.36 Å². The van der Waals surface area contributed by atoms with Crippen molar-refractivity contribution in [1.29, 1.82) is 0 Å². The van der Waals surface area contributed by atoms with E-state index in [0.29, 0.717) is 0 Å². The normalized spacial score (nSPS) is 10.9. The second kappa shape index (κ2) is 4.14. The van der Waals surface area contributed by atoms with E-state index in [2.05, 4.69) is 19.6 Å². The molecule has 16 heavy (non-hydrogen) atoms. The highest BCUT2D eigenvalue weighted by atomic mass is 35.5. The van der Waals surface area contributed by atoms with Crippen molar-refractivity contribution in [2.24, 2.45) is 0 Å².